The van der Waals surface area contributed by atoms with E-state index in [1.165, 1.54) is 18.5 Å². The van der Waals surface area contributed by atoms with Gasteiger partial charge < -0.3 is 10.5 Å². The molecule has 2 rings (SSSR count). The molecule has 1 aliphatic rings. The van der Waals surface area contributed by atoms with Gasteiger partial charge in [0, 0.05) is 25.5 Å². The van der Waals surface area contributed by atoms with Gasteiger partial charge in [-0.25, -0.2) is 13.1 Å². The Kier molecular flexibility index (Phi) is 3.60. The van der Waals surface area contributed by atoms with Gasteiger partial charge in [0.15, 0.2) is 0 Å². The maximum absolute atomic E-state index is 11.9. The monoisotopic (exact) mass is 257 g/mol. The summed E-state index contributed by atoms with van der Waals surface area (Å²) in [4.78, 5) is 3.79. The Hall–Kier alpha value is -1.18. The molecule has 17 heavy (non-hydrogen) atoms. The largest absolute Gasteiger partial charge is 0.398 e. The van der Waals surface area contributed by atoms with E-state index < -0.39 is 10.0 Å². The summed E-state index contributed by atoms with van der Waals surface area (Å²) in [5.74, 6) is 0.239. The molecule has 1 atom stereocenters. The highest BCUT2D eigenvalue weighted by molar-refractivity contribution is 7.89. The van der Waals surface area contributed by atoms with Crippen LogP contribution in [0.25, 0.3) is 0 Å². The van der Waals surface area contributed by atoms with Crippen LogP contribution in [0, 0.1) is 5.92 Å². The predicted octanol–water partition coefficient (Wildman–Crippen LogP) is -0.0214. The van der Waals surface area contributed by atoms with E-state index in [1.54, 1.807) is 0 Å². The minimum Gasteiger partial charge on any atom is -0.398 e. The van der Waals surface area contributed by atoms with Crippen molar-refractivity contribution in [2.75, 3.05) is 25.5 Å². The van der Waals surface area contributed by atoms with Gasteiger partial charge in [-0.2, -0.15) is 0 Å². The number of nitrogens with one attached hydrogen (secondary N) is 1. The van der Waals surface area contributed by atoms with E-state index in [0.717, 1.165) is 6.42 Å². The molecule has 94 valence electrons. The highest BCUT2D eigenvalue weighted by atomic mass is 32.2. The number of nitrogens with two attached hydrogens (primary N) is 1. The topological polar surface area (TPSA) is 94.3 Å². The highest BCUT2D eigenvalue weighted by Crippen LogP contribution is 2.17. The van der Waals surface area contributed by atoms with Gasteiger partial charge in [-0.15, -0.1) is 0 Å². The number of pyridine rings is 1. The van der Waals surface area contributed by atoms with Crippen LogP contribution < -0.4 is 10.5 Å². The van der Waals surface area contributed by atoms with Crippen molar-refractivity contribution in [1.82, 2.24) is 9.71 Å². The first kappa shape index (κ1) is 12.3. The smallest absolute Gasteiger partial charge is 0.244 e. The molecule has 0 spiro atoms. The molecule has 0 saturated carbocycles. The second-order valence-electron chi connectivity index (χ2n) is 4.00. The zero-order valence-corrected chi connectivity index (χ0v) is 10.1. The average molecular weight is 257 g/mol. The SMILES string of the molecule is Nc1ccncc1S(=O)(=O)NCC1CCOC1. The maximum atomic E-state index is 11.9. The third-order valence-corrected chi connectivity index (χ3v) is 4.16. The van der Waals surface area contributed by atoms with Crippen LogP contribution in [0.3, 0.4) is 0 Å². The number of sulfonamides is 1. The van der Waals surface area contributed by atoms with Crippen molar-refractivity contribution in [2.45, 2.75) is 11.3 Å². The molecule has 0 radical (unpaired) electrons. The van der Waals surface area contributed by atoms with Crippen LogP contribution in [-0.4, -0.2) is 33.2 Å². The summed E-state index contributed by atoms with van der Waals surface area (Å²) in [6, 6.07) is 1.47. The van der Waals surface area contributed by atoms with E-state index in [9.17, 15) is 8.42 Å². The molecule has 7 heteroatoms. The lowest BCUT2D eigenvalue weighted by atomic mass is 10.1. The van der Waals surface area contributed by atoms with Crippen LogP contribution in [0.1, 0.15) is 6.42 Å². The van der Waals surface area contributed by atoms with Crippen LogP contribution in [-0.2, 0) is 14.8 Å². The van der Waals surface area contributed by atoms with E-state index in [4.69, 9.17) is 10.5 Å². The van der Waals surface area contributed by atoms with Gasteiger partial charge >= 0.3 is 0 Å². The fourth-order valence-electron chi connectivity index (χ4n) is 1.66. The summed E-state index contributed by atoms with van der Waals surface area (Å²) in [6.45, 7) is 1.67. The Bertz CT molecular complexity index is 483. The molecule has 0 aliphatic carbocycles. The van der Waals surface area contributed by atoms with Gasteiger partial charge in [0.25, 0.3) is 0 Å². The van der Waals surface area contributed by atoms with Crippen LogP contribution in [0.4, 0.5) is 5.69 Å². The Morgan fingerprint density at radius 2 is 2.41 bits per heavy atom. The van der Waals surface area contributed by atoms with Crippen molar-refractivity contribution in [3.63, 3.8) is 0 Å². The normalized spacial score (nSPS) is 20.6. The van der Waals surface area contributed by atoms with E-state index >= 15 is 0 Å². The van der Waals surface area contributed by atoms with Gasteiger partial charge in [-0.3, -0.25) is 4.98 Å². The Balaban J connectivity index is 2.06. The van der Waals surface area contributed by atoms with Crippen LogP contribution >= 0.6 is 0 Å². The molecular formula is C10H15N3O3S. The third kappa shape index (κ3) is 2.93. The lowest BCUT2D eigenvalue weighted by Gasteiger charge is -2.11. The number of aromatic nitrogens is 1. The summed E-state index contributed by atoms with van der Waals surface area (Å²) in [7, 11) is -3.57. The second kappa shape index (κ2) is 4.99. The van der Waals surface area contributed by atoms with Crippen molar-refractivity contribution >= 4 is 15.7 Å². The second-order valence-corrected chi connectivity index (χ2v) is 5.73. The van der Waals surface area contributed by atoms with Crippen molar-refractivity contribution in [3.05, 3.63) is 18.5 Å². The minimum absolute atomic E-state index is 0.0268. The van der Waals surface area contributed by atoms with Gasteiger partial charge in [0.2, 0.25) is 10.0 Å². The number of hydrogen-bond acceptors (Lipinski definition) is 5. The third-order valence-electron chi connectivity index (χ3n) is 2.69. The van der Waals surface area contributed by atoms with E-state index in [2.05, 4.69) is 9.71 Å². The first-order chi connectivity index (χ1) is 8.09. The molecule has 1 saturated heterocycles. The van der Waals surface area contributed by atoms with Gasteiger partial charge in [0.05, 0.1) is 12.3 Å². The molecule has 0 bridgehead atoms. The van der Waals surface area contributed by atoms with Crippen molar-refractivity contribution in [3.8, 4) is 0 Å². The maximum Gasteiger partial charge on any atom is 0.244 e. The van der Waals surface area contributed by atoms with E-state index in [1.807, 2.05) is 0 Å². The van der Waals surface area contributed by atoms with Crippen molar-refractivity contribution in [1.29, 1.82) is 0 Å². The molecular weight excluding hydrogens is 242 g/mol. The lowest BCUT2D eigenvalue weighted by molar-refractivity contribution is 0.186. The fourth-order valence-corrected chi connectivity index (χ4v) is 2.85. The van der Waals surface area contributed by atoms with Gasteiger partial charge in [0.1, 0.15) is 4.90 Å². The molecule has 1 aromatic heterocycles. The zero-order chi connectivity index (χ0) is 12.3. The summed E-state index contributed by atoms with van der Waals surface area (Å²) >= 11 is 0. The van der Waals surface area contributed by atoms with E-state index in [-0.39, 0.29) is 16.5 Å². The number of ether oxygens (including phenoxy) is 1. The number of nitrogens with zero attached hydrogens (tertiary/aromatic N) is 1. The predicted molar refractivity (Wildman–Crippen MR) is 62.8 cm³/mol. The summed E-state index contributed by atoms with van der Waals surface area (Å²) in [6.07, 6.45) is 3.59. The molecule has 0 aromatic carbocycles. The van der Waals surface area contributed by atoms with Crippen molar-refractivity contribution < 1.29 is 13.2 Å². The molecule has 0 amide bonds. The molecule has 2 heterocycles. The Morgan fingerprint density at radius 1 is 1.59 bits per heavy atom. The number of anilines is 1. The number of nitrogen functional groups attached to an aromatic ring is 1. The molecule has 1 unspecified atom stereocenters. The Morgan fingerprint density at radius 3 is 3.06 bits per heavy atom. The quantitative estimate of drug-likeness (QED) is 0.790. The molecule has 1 aromatic rings. The van der Waals surface area contributed by atoms with Crippen LogP contribution in [0.5, 0.6) is 0 Å². The van der Waals surface area contributed by atoms with E-state index in [0.29, 0.717) is 19.8 Å². The molecule has 6 nitrogen and oxygen atoms in total. The van der Waals surface area contributed by atoms with Crippen LogP contribution in [0.2, 0.25) is 0 Å². The number of rotatable bonds is 4. The lowest BCUT2D eigenvalue weighted by Crippen LogP contribution is -2.30. The first-order valence-electron chi connectivity index (χ1n) is 5.36. The standard InChI is InChI=1S/C10H15N3O3S/c11-9-1-3-12-6-10(9)17(14,15)13-5-8-2-4-16-7-8/h1,3,6,8,13H,2,4-5,7H2,(H2,11,12). The molecule has 1 aliphatic heterocycles. The molecule has 1 fully saturated rings. The van der Waals surface area contributed by atoms with Crippen LogP contribution in [0.15, 0.2) is 23.4 Å². The van der Waals surface area contributed by atoms with Gasteiger partial charge in [-0.1, -0.05) is 0 Å². The summed E-state index contributed by atoms with van der Waals surface area (Å²) < 4.78 is 31.6. The molecule has 3 N–H and O–H groups in total. The van der Waals surface area contributed by atoms with Gasteiger partial charge in [-0.05, 0) is 18.4 Å². The first-order valence-corrected chi connectivity index (χ1v) is 6.85. The highest BCUT2D eigenvalue weighted by Gasteiger charge is 2.21. The zero-order valence-electron chi connectivity index (χ0n) is 9.30. The summed E-state index contributed by atoms with van der Waals surface area (Å²) in [5.41, 5.74) is 5.81. The van der Waals surface area contributed by atoms with Crippen molar-refractivity contribution in [2.24, 2.45) is 5.92 Å². The fraction of sp³-hybridized carbons (Fsp3) is 0.500. The number of hydrogen-bond donors (Lipinski definition) is 2. The minimum atomic E-state index is -3.57. The Labute approximate surface area is 100 Å². The summed E-state index contributed by atoms with van der Waals surface area (Å²) in [5, 5.41) is 0. The average Bonchev–Trinajstić information content (AvgIpc) is 2.80.